The maximum Gasteiger partial charge on any atom is 0.253 e. The molecule has 5 rings (SSSR count). The molecule has 1 aliphatic heterocycles. The zero-order valence-electron chi connectivity index (χ0n) is 22.6. The third-order valence-electron chi connectivity index (χ3n) is 8.65. The number of aromatic nitrogens is 2. The van der Waals surface area contributed by atoms with Gasteiger partial charge in [0.05, 0.1) is 0 Å². The molecule has 1 aromatic carbocycles. The maximum atomic E-state index is 13.5. The zero-order valence-corrected chi connectivity index (χ0v) is 22.6. The molecule has 198 valence electrons. The Labute approximate surface area is 221 Å². The minimum atomic E-state index is 0.0945. The molecule has 0 radical (unpaired) electrons. The number of Topliss-reactive ketones (excluding diaryl/α,β-unsaturated/α-hetero) is 1. The van der Waals surface area contributed by atoms with E-state index in [4.69, 9.17) is 0 Å². The Hall–Kier alpha value is -2.80. The molecule has 37 heavy (non-hydrogen) atoms. The lowest BCUT2D eigenvalue weighted by Crippen LogP contribution is -2.46. The van der Waals surface area contributed by atoms with E-state index in [2.05, 4.69) is 32.3 Å². The Balaban J connectivity index is 1.16. The number of aryl methyl sites for hydroxylation is 3. The second kappa shape index (κ2) is 11.3. The number of benzene rings is 1. The van der Waals surface area contributed by atoms with Gasteiger partial charge >= 0.3 is 0 Å². The molecule has 2 aliphatic carbocycles. The number of fused-ring (bicyclic) bond motifs is 1. The maximum absolute atomic E-state index is 13.5. The fourth-order valence-corrected chi connectivity index (χ4v) is 6.48. The van der Waals surface area contributed by atoms with Gasteiger partial charge in [0.25, 0.3) is 5.91 Å². The fourth-order valence-electron chi connectivity index (χ4n) is 6.48. The SMILES string of the molecule is Cc1cc(N2CCC(N(C)C(=O)c3ccc4c(c3)[C@H](NCCC(=O)C3CCCC3)CC4)CC2)nc(C)n1. The molecule has 1 N–H and O–H groups in total. The van der Waals surface area contributed by atoms with Gasteiger partial charge in [0.2, 0.25) is 0 Å². The summed E-state index contributed by atoms with van der Waals surface area (Å²) in [6.45, 7) is 6.43. The van der Waals surface area contributed by atoms with Crippen molar-refractivity contribution in [3.8, 4) is 0 Å². The molecule has 3 aliphatic rings. The van der Waals surface area contributed by atoms with Gasteiger partial charge in [-0.05, 0) is 75.6 Å². The summed E-state index contributed by atoms with van der Waals surface area (Å²) in [5.41, 5.74) is 4.31. The second-order valence-corrected chi connectivity index (χ2v) is 11.2. The van der Waals surface area contributed by atoms with Gasteiger partial charge in [-0.1, -0.05) is 18.9 Å². The first-order valence-electron chi connectivity index (χ1n) is 14.1. The summed E-state index contributed by atoms with van der Waals surface area (Å²) in [5.74, 6) is 2.59. The molecule has 7 heteroatoms. The van der Waals surface area contributed by atoms with E-state index in [1.54, 1.807) is 0 Å². The molecule has 1 saturated carbocycles. The Morgan fingerprint density at radius 2 is 1.78 bits per heavy atom. The van der Waals surface area contributed by atoms with Crippen LogP contribution in [0.15, 0.2) is 24.3 Å². The van der Waals surface area contributed by atoms with Gasteiger partial charge in [-0.2, -0.15) is 0 Å². The first kappa shape index (κ1) is 25.8. The molecule has 0 spiro atoms. The number of hydrogen-bond donors (Lipinski definition) is 1. The van der Waals surface area contributed by atoms with E-state index in [1.165, 1.54) is 24.0 Å². The van der Waals surface area contributed by atoms with Gasteiger partial charge in [0, 0.05) is 68.4 Å². The highest BCUT2D eigenvalue weighted by Gasteiger charge is 2.29. The summed E-state index contributed by atoms with van der Waals surface area (Å²) in [6.07, 6.45) is 9.06. The first-order valence-corrected chi connectivity index (χ1v) is 14.1. The molecule has 2 aromatic rings. The van der Waals surface area contributed by atoms with Crippen LogP contribution in [0.25, 0.3) is 0 Å². The van der Waals surface area contributed by atoms with Gasteiger partial charge in [-0.3, -0.25) is 9.59 Å². The standard InChI is InChI=1S/C30H41N5O2/c1-20-18-29(33-21(2)32-20)35-16-13-25(14-17-35)34(3)30(37)24-9-8-22-10-11-27(26(22)19-24)31-15-12-28(36)23-6-4-5-7-23/h8-9,18-19,23,25,27,31H,4-7,10-17H2,1-3H3/t27-/m1/s1. The smallest absolute Gasteiger partial charge is 0.253 e. The molecular formula is C30H41N5O2. The molecule has 1 saturated heterocycles. The van der Waals surface area contributed by atoms with Crippen LogP contribution < -0.4 is 10.2 Å². The highest BCUT2D eigenvalue weighted by atomic mass is 16.2. The van der Waals surface area contributed by atoms with Crippen molar-refractivity contribution in [1.82, 2.24) is 20.2 Å². The molecule has 1 amide bonds. The number of amides is 1. The van der Waals surface area contributed by atoms with Gasteiger partial charge in [-0.25, -0.2) is 9.97 Å². The van der Waals surface area contributed by atoms with Crippen LogP contribution in [-0.2, 0) is 11.2 Å². The average molecular weight is 504 g/mol. The van der Waals surface area contributed by atoms with E-state index in [0.29, 0.717) is 18.1 Å². The first-order chi connectivity index (χ1) is 17.9. The lowest BCUT2D eigenvalue weighted by molar-refractivity contribution is -0.122. The molecule has 1 aromatic heterocycles. The summed E-state index contributed by atoms with van der Waals surface area (Å²) in [7, 11) is 1.94. The predicted octanol–water partition coefficient (Wildman–Crippen LogP) is 4.56. The van der Waals surface area contributed by atoms with Gasteiger partial charge < -0.3 is 15.1 Å². The van der Waals surface area contributed by atoms with Crippen molar-refractivity contribution < 1.29 is 9.59 Å². The van der Waals surface area contributed by atoms with Crippen LogP contribution in [0.2, 0.25) is 0 Å². The highest BCUT2D eigenvalue weighted by molar-refractivity contribution is 5.94. The van der Waals surface area contributed by atoms with Crippen LogP contribution >= 0.6 is 0 Å². The Kier molecular flexibility index (Phi) is 7.89. The van der Waals surface area contributed by atoms with Crippen LogP contribution in [-0.4, -0.2) is 59.3 Å². The number of carbonyl (C=O) groups excluding carboxylic acids is 2. The van der Waals surface area contributed by atoms with Crippen molar-refractivity contribution in [2.45, 2.75) is 83.7 Å². The summed E-state index contributed by atoms with van der Waals surface area (Å²) < 4.78 is 0. The summed E-state index contributed by atoms with van der Waals surface area (Å²) in [4.78, 5) is 39.2. The third-order valence-corrected chi connectivity index (χ3v) is 8.65. The summed E-state index contributed by atoms with van der Waals surface area (Å²) in [5, 5.41) is 3.62. The lowest BCUT2D eigenvalue weighted by atomic mass is 9.99. The molecule has 2 fully saturated rings. The molecule has 0 bridgehead atoms. The number of hydrogen-bond acceptors (Lipinski definition) is 6. The Morgan fingerprint density at radius 1 is 1.03 bits per heavy atom. The Bertz CT molecular complexity index is 1110. The van der Waals surface area contributed by atoms with Crippen molar-refractivity contribution in [2.75, 3.05) is 31.6 Å². The average Bonchev–Trinajstić information content (AvgIpc) is 3.58. The normalized spacial score (nSPS) is 20.3. The van der Waals surface area contributed by atoms with E-state index in [1.807, 2.05) is 37.9 Å². The van der Waals surface area contributed by atoms with E-state index < -0.39 is 0 Å². The van der Waals surface area contributed by atoms with Crippen molar-refractivity contribution in [1.29, 1.82) is 0 Å². The van der Waals surface area contributed by atoms with Gasteiger partial charge in [0.1, 0.15) is 17.4 Å². The van der Waals surface area contributed by atoms with E-state index >= 15 is 0 Å². The lowest BCUT2D eigenvalue weighted by Gasteiger charge is -2.37. The number of anilines is 1. The number of nitrogens with one attached hydrogen (secondary N) is 1. The van der Waals surface area contributed by atoms with Crippen LogP contribution in [0.4, 0.5) is 5.82 Å². The molecule has 1 atom stereocenters. The molecular weight excluding hydrogens is 462 g/mol. The summed E-state index contributed by atoms with van der Waals surface area (Å²) >= 11 is 0. The van der Waals surface area contributed by atoms with Crippen LogP contribution in [0.1, 0.15) is 90.4 Å². The molecule has 2 heterocycles. The van der Waals surface area contributed by atoms with Crippen molar-refractivity contribution in [3.05, 3.63) is 52.5 Å². The highest BCUT2D eigenvalue weighted by Crippen LogP contribution is 2.33. The van der Waals surface area contributed by atoms with Crippen molar-refractivity contribution in [2.24, 2.45) is 5.92 Å². The Morgan fingerprint density at radius 3 is 2.51 bits per heavy atom. The number of piperidine rings is 1. The second-order valence-electron chi connectivity index (χ2n) is 11.2. The zero-order chi connectivity index (χ0) is 25.9. The number of carbonyl (C=O) groups is 2. The van der Waals surface area contributed by atoms with E-state index in [0.717, 1.165) is 81.1 Å². The largest absolute Gasteiger partial charge is 0.356 e. The quantitative estimate of drug-likeness (QED) is 0.569. The molecule has 7 nitrogen and oxygen atoms in total. The number of ketones is 1. The fraction of sp³-hybridized carbons (Fsp3) is 0.600. The topological polar surface area (TPSA) is 78.4 Å². The summed E-state index contributed by atoms with van der Waals surface area (Å²) in [6, 6.07) is 8.71. The van der Waals surface area contributed by atoms with Crippen LogP contribution in [0, 0.1) is 19.8 Å². The van der Waals surface area contributed by atoms with Crippen molar-refractivity contribution in [3.63, 3.8) is 0 Å². The third kappa shape index (κ3) is 5.87. The van der Waals surface area contributed by atoms with E-state index in [-0.39, 0.29) is 18.0 Å². The van der Waals surface area contributed by atoms with Crippen molar-refractivity contribution >= 4 is 17.5 Å². The van der Waals surface area contributed by atoms with Crippen LogP contribution in [0.5, 0.6) is 0 Å². The van der Waals surface area contributed by atoms with E-state index in [9.17, 15) is 9.59 Å². The van der Waals surface area contributed by atoms with Gasteiger partial charge in [0.15, 0.2) is 0 Å². The predicted molar refractivity (Wildman–Crippen MR) is 146 cm³/mol. The van der Waals surface area contributed by atoms with Crippen LogP contribution in [0.3, 0.4) is 0 Å². The minimum Gasteiger partial charge on any atom is -0.356 e. The number of nitrogens with zero attached hydrogens (tertiary/aromatic N) is 4. The number of rotatable bonds is 8. The van der Waals surface area contributed by atoms with Gasteiger partial charge in [-0.15, -0.1) is 0 Å². The monoisotopic (exact) mass is 503 g/mol. The minimum absolute atomic E-state index is 0.0945. The molecule has 0 unspecified atom stereocenters.